The monoisotopic (exact) mass is 292 g/mol. The van der Waals surface area contributed by atoms with E-state index in [4.69, 9.17) is 5.11 Å². The largest absolute Gasteiger partial charge is 0.480 e. The van der Waals surface area contributed by atoms with E-state index in [0.29, 0.717) is 5.69 Å². The Labute approximate surface area is 120 Å². The minimum Gasteiger partial charge on any atom is -0.480 e. The summed E-state index contributed by atoms with van der Waals surface area (Å²) in [7, 11) is 0. The van der Waals surface area contributed by atoms with E-state index in [0.717, 1.165) is 10.1 Å². The van der Waals surface area contributed by atoms with Crippen LogP contribution in [0.4, 0.5) is 10.5 Å². The highest BCUT2D eigenvalue weighted by Crippen LogP contribution is 2.24. The molecule has 1 aromatic heterocycles. The van der Waals surface area contributed by atoms with Gasteiger partial charge >= 0.3 is 12.0 Å². The molecule has 5 nitrogen and oxygen atoms in total. The number of anilines is 1. The third-order valence-electron chi connectivity index (χ3n) is 2.89. The average Bonchev–Trinajstić information content (AvgIpc) is 2.82. The summed E-state index contributed by atoms with van der Waals surface area (Å²) in [5.41, 5.74) is 0.664. The molecule has 2 amide bonds. The molecule has 0 aliphatic heterocycles. The van der Waals surface area contributed by atoms with E-state index in [2.05, 4.69) is 5.32 Å². The molecular weight excluding hydrogens is 276 g/mol. The van der Waals surface area contributed by atoms with Crippen LogP contribution in [-0.4, -0.2) is 34.6 Å². The van der Waals surface area contributed by atoms with Crippen LogP contribution in [0.5, 0.6) is 0 Å². The van der Waals surface area contributed by atoms with Gasteiger partial charge in [0.15, 0.2) is 0 Å². The van der Waals surface area contributed by atoms with E-state index >= 15 is 0 Å². The van der Waals surface area contributed by atoms with E-state index in [9.17, 15) is 9.59 Å². The highest BCUT2D eigenvalue weighted by Gasteiger charge is 2.19. The van der Waals surface area contributed by atoms with Gasteiger partial charge in [0.2, 0.25) is 0 Å². The summed E-state index contributed by atoms with van der Waals surface area (Å²) in [6, 6.07) is 7.02. The van der Waals surface area contributed by atoms with Crippen LogP contribution in [0.25, 0.3) is 10.1 Å². The van der Waals surface area contributed by atoms with Gasteiger partial charge in [-0.05, 0) is 48.9 Å². The standard InChI is InChI=1S/C14H16N2O3S/c1-9(2)16(8-13(17)18)14(19)15-11-3-4-12-10(7-11)5-6-20-12/h3-7,9H,8H2,1-2H3,(H,15,19)(H,17,18). The summed E-state index contributed by atoms with van der Waals surface area (Å²) in [6.07, 6.45) is 0. The number of carbonyl (C=O) groups excluding carboxylic acids is 1. The fourth-order valence-electron chi connectivity index (χ4n) is 1.87. The Morgan fingerprint density at radius 2 is 2.10 bits per heavy atom. The molecule has 6 heteroatoms. The quantitative estimate of drug-likeness (QED) is 0.909. The molecule has 1 aromatic carbocycles. The summed E-state index contributed by atoms with van der Waals surface area (Å²) in [4.78, 5) is 24.2. The number of amides is 2. The maximum Gasteiger partial charge on any atom is 0.323 e. The molecular formula is C14H16N2O3S. The van der Waals surface area contributed by atoms with Gasteiger partial charge in [0.05, 0.1) is 0 Å². The van der Waals surface area contributed by atoms with Crippen molar-refractivity contribution in [2.45, 2.75) is 19.9 Å². The highest BCUT2D eigenvalue weighted by molar-refractivity contribution is 7.17. The second-order valence-corrected chi connectivity index (χ2v) is 5.67. The van der Waals surface area contributed by atoms with Crippen LogP contribution >= 0.6 is 11.3 Å². The number of carbonyl (C=O) groups is 2. The fourth-order valence-corrected chi connectivity index (χ4v) is 2.65. The van der Waals surface area contributed by atoms with Gasteiger partial charge in [-0.25, -0.2) is 4.79 Å². The third kappa shape index (κ3) is 3.27. The smallest absolute Gasteiger partial charge is 0.323 e. The number of thiophene rings is 1. The Morgan fingerprint density at radius 3 is 2.75 bits per heavy atom. The number of nitrogens with one attached hydrogen (secondary N) is 1. The molecule has 0 saturated heterocycles. The molecule has 0 bridgehead atoms. The first kappa shape index (κ1) is 14.3. The Bertz CT molecular complexity index is 636. The molecule has 1 heterocycles. The minimum absolute atomic E-state index is 0.184. The van der Waals surface area contributed by atoms with Crippen LogP contribution in [-0.2, 0) is 4.79 Å². The summed E-state index contributed by atoms with van der Waals surface area (Å²) >= 11 is 1.63. The van der Waals surface area contributed by atoms with Gasteiger partial charge in [-0.2, -0.15) is 0 Å². The van der Waals surface area contributed by atoms with Crippen LogP contribution in [0.2, 0.25) is 0 Å². The van der Waals surface area contributed by atoms with Gasteiger partial charge in [0, 0.05) is 16.4 Å². The molecule has 0 unspecified atom stereocenters. The van der Waals surface area contributed by atoms with Crippen molar-refractivity contribution in [3.8, 4) is 0 Å². The van der Waals surface area contributed by atoms with Crippen LogP contribution in [0.1, 0.15) is 13.8 Å². The number of hydrogen-bond donors (Lipinski definition) is 2. The Hall–Kier alpha value is -2.08. The average molecular weight is 292 g/mol. The number of hydrogen-bond acceptors (Lipinski definition) is 3. The van der Waals surface area contributed by atoms with Gasteiger partial charge in [0.1, 0.15) is 6.54 Å². The van der Waals surface area contributed by atoms with Crippen LogP contribution in [0.3, 0.4) is 0 Å². The van der Waals surface area contributed by atoms with Crippen LogP contribution in [0, 0.1) is 0 Å². The lowest BCUT2D eigenvalue weighted by atomic mass is 10.2. The molecule has 0 spiro atoms. The lowest BCUT2D eigenvalue weighted by molar-refractivity contribution is -0.137. The molecule has 0 fully saturated rings. The molecule has 0 aliphatic carbocycles. The fraction of sp³-hybridized carbons (Fsp3) is 0.286. The number of benzene rings is 1. The van der Waals surface area contributed by atoms with Crippen molar-refractivity contribution in [3.63, 3.8) is 0 Å². The maximum absolute atomic E-state index is 12.1. The van der Waals surface area contributed by atoms with E-state index in [1.54, 1.807) is 25.2 Å². The molecule has 2 N–H and O–H groups in total. The summed E-state index contributed by atoms with van der Waals surface area (Å²) in [5, 5.41) is 14.6. The van der Waals surface area contributed by atoms with E-state index in [-0.39, 0.29) is 12.6 Å². The van der Waals surface area contributed by atoms with Crippen molar-refractivity contribution in [2.75, 3.05) is 11.9 Å². The van der Waals surface area contributed by atoms with Gasteiger partial charge < -0.3 is 15.3 Å². The SMILES string of the molecule is CC(C)N(CC(=O)O)C(=O)Nc1ccc2sccc2c1. The van der Waals surface area contributed by atoms with Crippen molar-refractivity contribution in [3.05, 3.63) is 29.6 Å². The van der Waals surface area contributed by atoms with Crippen molar-refractivity contribution < 1.29 is 14.7 Å². The summed E-state index contributed by atoms with van der Waals surface area (Å²) in [5.74, 6) is -1.03. The minimum atomic E-state index is -1.03. The number of nitrogens with zero attached hydrogens (tertiary/aromatic N) is 1. The van der Waals surface area contributed by atoms with Crippen molar-refractivity contribution in [1.29, 1.82) is 0 Å². The Balaban J connectivity index is 2.14. The summed E-state index contributed by atoms with van der Waals surface area (Å²) < 4.78 is 1.15. The zero-order valence-electron chi connectivity index (χ0n) is 11.3. The molecule has 0 saturated carbocycles. The second-order valence-electron chi connectivity index (χ2n) is 4.72. The van der Waals surface area contributed by atoms with Crippen molar-refractivity contribution in [1.82, 2.24) is 4.90 Å². The number of rotatable bonds is 4. The number of urea groups is 1. The number of fused-ring (bicyclic) bond motifs is 1. The molecule has 0 radical (unpaired) electrons. The molecule has 106 valence electrons. The lowest BCUT2D eigenvalue weighted by Crippen LogP contribution is -2.43. The second kappa shape index (κ2) is 5.92. The normalized spacial score (nSPS) is 10.8. The van der Waals surface area contributed by atoms with E-state index in [1.165, 1.54) is 4.90 Å². The predicted octanol–water partition coefficient (Wildman–Crippen LogP) is 3.23. The Kier molecular flexibility index (Phi) is 4.24. The zero-order chi connectivity index (χ0) is 14.7. The Morgan fingerprint density at radius 1 is 1.35 bits per heavy atom. The summed E-state index contributed by atoms with van der Waals surface area (Å²) in [6.45, 7) is 3.25. The van der Waals surface area contributed by atoms with Gasteiger partial charge in [0.25, 0.3) is 0 Å². The van der Waals surface area contributed by atoms with E-state index < -0.39 is 12.0 Å². The number of carboxylic acids is 1. The highest BCUT2D eigenvalue weighted by atomic mass is 32.1. The number of aliphatic carboxylic acids is 1. The number of carboxylic acid groups (broad SMARTS) is 1. The molecule has 0 atom stereocenters. The zero-order valence-corrected chi connectivity index (χ0v) is 12.1. The topological polar surface area (TPSA) is 69.6 Å². The first-order valence-corrected chi connectivity index (χ1v) is 7.12. The predicted molar refractivity (Wildman–Crippen MR) is 80.3 cm³/mol. The molecule has 0 aliphatic rings. The van der Waals surface area contributed by atoms with Crippen LogP contribution < -0.4 is 5.32 Å². The van der Waals surface area contributed by atoms with E-state index in [1.807, 2.05) is 29.6 Å². The third-order valence-corrected chi connectivity index (χ3v) is 3.79. The van der Waals surface area contributed by atoms with Crippen molar-refractivity contribution >= 4 is 39.1 Å². The molecule has 20 heavy (non-hydrogen) atoms. The molecule has 2 rings (SSSR count). The van der Waals surface area contributed by atoms with Gasteiger partial charge in [-0.1, -0.05) is 0 Å². The van der Waals surface area contributed by atoms with Gasteiger partial charge in [-0.15, -0.1) is 11.3 Å². The first-order valence-electron chi connectivity index (χ1n) is 6.24. The molecule has 2 aromatic rings. The first-order chi connectivity index (χ1) is 9.47. The van der Waals surface area contributed by atoms with Crippen molar-refractivity contribution in [2.24, 2.45) is 0 Å². The van der Waals surface area contributed by atoms with Crippen LogP contribution in [0.15, 0.2) is 29.6 Å². The lowest BCUT2D eigenvalue weighted by Gasteiger charge is -2.25. The maximum atomic E-state index is 12.1. The van der Waals surface area contributed by atoms with Gasteiger partial charge in [-0.3, -0.25) is 4.79 Å².